The third-order valence-electron chi connectivity index (χ3n) is 10.6. The Morgan fingerprint density at radius 2 is 0.889 bits per heavy atom. The van der Waals surface area contributed by atoms with Gasteiger partial charge in [-0.1, -0.05) is 35.4 Å². The van der Waals surface area contributed by atoms with Gasteiger partial charge in [0.05, 0.1) is 11.1 Å². The molecule has 0 aromatic heterocycles. The highest BCUT2D eigenvalue weighted by atomic mass is 16.3. The van der Waals surface area contributed by atoms with Crippen LogP contribution in [0.3, 0.4) is 0 Å². The Bertz CT molecular complexity index is 2360. The summed E-state index contributed by atoms with van der Waals surface area (Å²) < 4.78 is 0. The SMILES string of the molecule is Cc1cc(C)c(CCC(=O)c2c(O)c(O)cc3c(O)c(-c4c(C)cc5c(C(=O)NCc6c(C)cc(C)cc6C)c(O)c(O)cc5c4O)c(C)cc23)c(C)c1. The first-order valence-corrected chi connectivity index (χ1v) is 17.8. The highest BCUT2D eigenvalue weighted by molar-refractivity contribution is 6.16. The Morgan fingerprint density at radius 3 is 1.35 bits per heavy atom. The van der Waals surface area contributed by atoms with Gasteiger partial charge >= 0.3 is 0 Å². The van der Waals surface area contributed by atoms with E-state index >= 15 is 0 Å². The van der Waals surface area contributed by atoms with Crippen LogP contribution in [0.25, 0.3) is 32.7 Å². The second-order valence-corrected chi connectivity index (χ2v) is 14.6. The second-order valence-electron chi connectivity index (χ2n) is 14.6. The first-order valence-electron chi connectivity index (χ1n) is 17.8. The molecule has 0 saturated carbocycles. The van der Waals surface area contributed by atoms with Crippen molar-refractivity contribution in [2.75, 3.05) is 0 Å². The number of rotatable bonds is 8. The van der Waals surface area contributed by atoms with E-state index in [1.54, 1.807) is 26.0 Å². The molecule has 0 spiro atoms. The summed E-state index contributed by atoms with van der Waals surface area (Å²) in [5.74, 6) is -4.27. The lowest BCUT2D eigenvalue weighted by Gasteiger charge is -2.20. The Morgan fingerprint density at radius 1 is 0.481 bits per heavy atom. The van der Waals surface area contributed by atoms with Gasteiger partial charge in [0.25, 0.3) is 5.91 Å². The van der Waals surface area contributed by atoms with Crippen LogP contribution in [0, 0.1) is 55.4 Å². The molecular formula is C45H45NO8. The molecule has 0 radical (unpaired) electrons. The van der Waals surface area contributed by atoms with E-state index in [9.17, 15) is 40.2 Å². The highest BCUT2D eigenvalue weighted by Gasteiger charge is 2.28. The number of Topliss-reactive ketones (excluding diaryl/α,β-unsaturated/α-hetero) is 1. The number of aromatic hydroxyl groups is 6. The fourth-order valence-corrected chi connectivity index (χ4v) is 8.11. The number of hydrogen-bond donors (Lipinski definition) is 7. The predicted octanol–water partition coefficient (Wildman–Crippen LogP) is 9.11. The van der Waals surface area contributed by atoms with Crippen molar-refractivity contribution < 1.29 is 40.2 Å². The van der Waals surface area contributed by atoms with Crippen molar-refractivity contribution in [1.82, 2.24) is 5.32 Å². The standard InChI is InChI=1S/C45H45NO8/c1-20-11-22(3)28(23(4)12-20)9-10-34(47)39-29-15-26(7)37(41(50)31(29)17-35(48)43(39)52)38-27(8)16-30-32(42(38)51)18-36(49)44(53)40(30)45(54)46-19-33-24(5)13-21(2)14-25(33)6/h11-18,48-53H,9-10,19H2,1-8H3,(H,46,54). The number of carbonyl (C=O) groups excluding carboxylic acids is 2. The summed E-state index contributed by atoms with van der Waals surface area (Å²) >= 11 is 0. The van der Waals surface area contributed by atoms with E-state index in [-0.39, 0.29) is 68.3 Å². The number of amides is 1. The molecule has 0 saturated heterocycles. The summed E-state index contributed by atoms with van der Waals surface area (Å²) in [4.78, 5) is 27.4. The number of carbonyl (C=O) groups is 2. The summed E-state index contributed by atoms with van der Waals surface area (Å²) in [7, 11) is 0. The van der Waals surface area contributed by atoms with Gasteiger partial charge in [-0.05, 0) is 131 Å². The number of phenolic OH excluding ortho intramolecular Hbond substituents is 6. The smallest absolute Gasteiger partial charge is 0.256 e. The first-order chi connectivity index (χ1) is 25.4. The lowest BCUT2D eigenvalue weighted by atomic mass is 9.86. The number of benzene rings is 6. The molecule has 0 heterocycles. The minimum absolute atomic E-state index is 0.0411. The second kappa shape index (κ2) is 14.0. The first kappa shape index (κ1) is 37.5. The maximum absolute atomic E-state index is 13.8. The monoisotopic (exact) mass is 727 g/mol. The van der Waals surface area contributed by atoms with Gasteiger partial charge in [0.2, 0.25) is 0 Å². The molecule has 9 heteroatoms. The van der Waals surface area contributed by atoms with Crippen LogP contribution in [0.4, 0.5) is 0 Å². The molecule has 0 fully saturated rings. The quantitative estimate of drug-likeness (QED) is 0.0602. The number of hydrogen-bond acceptors (Lipinski definition) is 8. The van der Waals surface area contributed by atoms with Crippen LogP contribution in [-0.2, 0) is 13.0 Å². The van der Waals surface area contributed by atoms with Crippen molar-refractivity contribution in [2.24, 2.45) is 0 Å². The van der Waals surface area contributed by atoms with E-state index in [2.05, 4.69) is 17.4 Å². The normalized spacial score (nSPS) is 11.4. The number of ketones is 1. The Kier molecular flexibility index (Phi) is 9.71. The molecule has 278 valence electrons. The van der Waals surface area contributed by atoms with Crippen molar-refractivity contribution in [3.63, 3.8) is 0 Å². The minimum Gasteiger partial charge on any atom is -0.507 e. The van der Waals surface area contributed by atoms with Crippen LogP contribution >= 0.6 is 0 Å². The topological polar surface area (TPSA) is 168 Å². The van der Waals surface area contributed by atoms with Crippen molar-refractivity contribution in [3.05, 3.63) is 115 Å². The predicted molar refractivity (Wildman–Crippen MR) is 211 cm³/mol. The molecule has 9 nitrogen and oxygen atoms in total. The van der Waals surface area contributed by atoms with Crippen LogP contribution in [-0.4, -0.2) is 42.3 Å². The van der Waals surface area contributed by atoms with E-state index in [1.807, 2.05) is 53.7 Å². The van der Waals surface area contributed by atoms with E-state index in [0.29, 0.717) is 17.5 Å². The fraction of sp³-hybridized carbons (Fsp3) is 0.244. The van der Waals surface area contributed by atoms with Crippen molar-refractivity contribution >= 4 is 33.2 Å². The molecule has 0 aliphatic rings. The van der Waals surface area contributed by atoms with Crippen LogP contribution in [0.2, 0.25) is 0 Å². The largest absolute Gasteiger partial charge is 0.507 e. The van der Waals surface area contributed by atoms with Crippen molar-refractivity contribution in [1.29, 1.82) is 0 Å². The van der Waals surface area contributed by atoms with Crippen LogP contribution in [0.5, 0.6) is 34.5 Å². The van der Waals surface area contributed by atoms with Gasteiger partial charge in [-0.2, -0.15) is 0 Å². The number of fused-ring (bicyclic) bond motifs is 2. The van der Waals surface area contributed by atoms with E-state index in [1.165, 1.54) is 6.07 Å². The van der Waals surface area contributed by atoms with Crippen molar-refractivity contribution in [2.45, 2.75) is 74.8 Å². The van der Waals surface area contributed by atoms with Crippen molar-refractivity contribution in [3.8, 4) is 45.6 Å². The highest BCUT2D eigenvalue weighted by Crippen LogP contribution is 2.51. The number of nitrogens with one attached hydrogen (secondary N) is 1. The Hall–Kier alpha value is -6.22. The molecular weight excluding hydrogens is 682 g/mol. The molecule has 54 heavy (non-hydrogen) atoms. The third-order valence-corrected chi connectivity index (χ3v) is 10.6. The molecule has 6 aromatic rings. The average molecular weight is 728 g/mol. The molecule has 0 aliphatic heterocycles. The summed E-state index contributed by atoms with van der Waals surface area (Å²) in [5, 5.41) is 70.5. The van der Waals surface area contributed by atoms with Crippen LogP contribution < -0.4 is 5.32 Å². The van der Waals surface area contributed by atoms with Gasteiger partial charge in [-0.25, -0.2) is 0 Å². The molecule has 0 bridgehead atoms. The zero-order valence-corrected chi connectivity index (χ0v) is 31.7. The zero-order valence-electron chi connectivity index (χ0n) is 31.7. The van der Waals surface area contributed by atoms with Gasteiger partial charge in [0, 0.05) is 45.6 Å². The zero-order chi connectivity index (χ0) is 39.5. The lowest BCUT2D eigenvalue weighted by Crippen LogP contribution is -2.24. The maximum Gasteiger partial charge on any atom is 0.256 e. The van der Waals surface area contributed by atoms with Crippen LogP contribution in [0.15, 0.2) is 48.5 Å². The molecule has 6 rings (SSSR count). The summed E-state index contributed by atoms with van der Waals surface area (Å²) in [6, 6.07) is 13.7. The molecule has 0 aliphatic carbocycles. The fourth-order valence-electron chi connectivity index (χ4n) is 8.11. The Balaban J connectivity index is 1.44. The number of aryl methyl sites for hydroxylation is 8. The third kappa shape index (κ3) is 6.40. The van der Waals surface area contributed by atoms with Gasteiger partial charge in [-0.15, -0.1) is 0 Å². The van der Waals surface area contributed by atoms with Crippen LogP contribution in [0.1, 0.15) is 82.8 Å². The van der Waals surface area contributed by atoms with E-state index < -0.39 is 34.7 Å². The lowest BCUT2D eigenvalue weighted by molar-refractivity contribution is 0.0947. The van der Waals surface area contributed by atoms with E-state index in [0.717, 1.165) is 50.6 Å². The maximum atomic E-state index is 13.8. The minimum atomic E-state index is -0.663. The van der Waals surface area contributed by atoms with Gasteiger partial charge in [0.1, 0.15) is 11.5 Å². The molecule has 7 N–H and O–H groups in total. The van der Waals surface area contributed by atoms with E-state index in [4.69, 9.17) is 0 Å². The molecule has 6 aromatic carbocycles. The average Bonchev–Trinajstić information content (AvgIpc) is 3.07. The van der Waals surface area contributed by atoms with Gasteiger partial charge in [-0.3, -0.25) is 9.59 Å². The summed E-state index contributed by atoms with van der Waals surface area (Å²) in [5.41, 5.74) is 9.11. The number of phenols is 6. The molecule has 0 unspecified atom stereocenters. The van der Waals surface area contributed by atoms with Gasteiger partial charge in [0.15, 0.2) is 28.8 Å². The summed E-state index contributed by atoms with van der Waals surface area (Å²) in [6.45, 7) is 15.4. The summed E-state index contributed by atoms with van der Waals surface area (Å²) in [6.07, 6.45) is 0.452. The molecule has 0 atom stereocenters. The molecule has 1 amide bonds. The Labute approximate surface area is 313 Å². The van der Waals surface area contributed by atoms with Gasteiger partial charge < -0.3 is 36.0 Å².